The van der Waals surface area contributed by atoms with E-state index in [1.165, 1.54) is 6.26 Å². The predicted octanol–water partition coefficient (Wildman–Crippen LogP) is 2.07. The Hall–Kier alpha value is -0.720. The minimum absolute atomic E-state index is 0.884. The largest absolute Gasteiger partial charge is 0.471 e. The molecular weight excluding hydrogens is 88.1 g/mol. The van der Waals surface area contributed by atoms with Gasteiger partial charge in [-0.3, -0.25) is 0 Å². The number of hydrogen-bond acceptors (Lipinski definition) is 1. The molecule has 0 N–H and O–H groups in total. The summed E-state index contributed by atoms with van der Waals surface area (Å²) in [6.45, 7) is 7.18. The molecule has 0 aliphatic heterocycles. The van der Waals surface area contributed by atoms with Gasteiger partial charge in [-0.1, -0.05) is 6.58 Å². The molecule has 1 heteroatoms. The summed E-state index contributed by atoms with van der Waals surface area (Å²) in [6, 6.07) is 0. The average Bonchev–Trinajstić information content (AvgIpc) is 1.68. The molecule has 0 aromatic heterocycles. The summed E-state index contributed by atoms with van der Waals surface area (Å²) in [4.78, 5) is 0. The van der Waals surface area contributed by atoms with Gasteiger partial charge < -0.3 is 4.74 Å². The first-order valence-electron chi connectivity index (χ1n) is 2.21. The van der Waals surface area contributed by atoms with Gasteiger partial charge in [-0.2, -0.15) is 0 Å². The predicted molar refractivity (Wildman–Crippen MR) is 30.7 cm³/mol. The maximum atomic E-state index is 4.82. The SMILES string of the molecule is C=COC(C)=CC. The molecule has 0 radical (unpaired) electrons. The molecular formula is C6H10O. The van der Waals surface area contributed by atoms with Gasteiger partial charge in [0.1, 0.15) is 0 Å². The molecule has 0 aromatic rings. The van der Waals surface area contributed by atoms with Crippen LogP contribution in [-0.4, -0.2) is 0 Å². The molecule has 0 unspecified atom stereocenters. The van der Waals surface area contributed by atoms with Gasteiger partial charge in [0.25, 0.3) is 0 Å². The van der Waals surface area contributed by atoms with E-state index in [-0.39, 0.29) is 0 Å². The topological polar surface area (TPSA) is 9.23 Å². The molecule has 0 heterocycles. The Balaban J connectivity index is 3.36. The first-order chi connectivity index (χ1) is 3.31. The lowest BCUT2D eigenvalue weighted by molar-refractivity contribution is 0.354. The molecule has 0 aliphatic carbocycles. The molecule has 0 bridgehead atoms. The van der Waals surface area contributed by atoms with Crippen LogP contribution in [0.25, 0.3) is 0 Å². The summed E-state index contributed by atoms with van der Waals surface area (Å²) in [5.74, 6) is 0.884. The van der Waals surface area contributed by atoms with Crippen molar-refractivity contribution in [3.05, 3.63) is 24.7 Å². The van der Waals surface area contributed by atoms with E-state index in [0.717, 1.165) is 5.76 Å². The van der Waals surface area contributed by atoms with E-state index in [2.05, 4.69) is 6.58 Å². The van der Waals surface area contributed by atoms with Crippen molar-refractivity contribution < 1.29 is 4.74 Å². The Labute approximate surface area is 44.3 Å². The van der Waals surface area contributed by atoms with Gasteiger partial charge in [0, 0.05) is 0 Å². The monoisotopic (exact) mass is 98.1 g/mol. The Morgan fingerprint density at radius 2 is 2.29 bits per heavy atom. The minimum Gasteiger partial charge on any atom is -0.471 e. The van der Waals surface area contributed by atoms with Gasteiger partial charge in [0.2, 0.25) is 0 Å². The summed E-state index contributed by atoms with van der Waals surface area (Å²) >= 11 is 0. The van der Waals surface area contributed by atoms with Crippen LogP contribution in [-0.2, 0) is 4.74 Å². The van der Waals surface area contributed by atoms with Crippen LogP contribution < -0.4 is 0 Å². The van der Waals surface area contributed by atoms with E-state index in [9.17, 15) is 0 Å². The number of rotatable bonds is 2. The second kappa shape index (κ2) is 3.47. The van der Waals surface area contributed by atoms with Crippen LogP contribution in [0.3, 0.4) is 0 Å². The van der Waals surface area contributed by atoms with Crippen LogP contribution in [0.15, 0.2) is 24.7 Å². The number of ether oxygens (including phenoxy) is 1. The van der Waals surface area contributed by atoms with Crippen molar-refractivity contribution in [2.45, 2.75) is 13.8 Å². The zero-order valence-electron chi connectivity index (χ0n) is 4.77. The van der Waals surface area contributed by atoms with Crippen molar-refractivity contribution in [2.24, 2.45) is 0 Å². The van der Waals surface area contributed by atoms with Gasteiger partial charge in [-0.05, 0) is 19.9 Å². The van der Waals surface area contributed by atoms with Crippen LogP contribution >= 0.6 is 0 Å². The van der Waals surface area contributed by atoms with Gasteiger partial charge in [-0.25, -0.2) is 0 Å². The highest BCUT2D eigenvalue weighted by Crippen LogP contribution is 1.91. The van der Waals surface area contributed by atoms with Crippen molar-refractivity contribution in [1.82, 2.24) is 0 Å². The quantitative estimate of drug-likeness (QED) is 0.480. The van der Waals surface area contributed by atoms with Crippen molar-refractivity contribution >= 4 is 0 Å². The molecule has 0 saturated heterocycles. The zero-order valence-corrected chi connectivity index (χ0v) is 4.77. The molecule has 7 heavy (non-hydrogen) atoms. The Morgan fingerprint density at radius 1 is 1.71 bits per heavy atom. The van der Waals surface area contributed by atoms with Gasteiger partial charge in [-0.15, -0.1) is 0 Å². The van der Waals surface area contributed by atoms with Crippen LogP contribution in [0.5, 0.6) is 0 Å². The van der Waals surface area contributed by atoms with E-state index in [1.807, 2.05) is 19.9 Å². The molecule has 1 nitrogen and oxygen atoms in total. The van der Waals surface area contributed by atoms with E-state index < -0.39 is 0 Å². The van der Waals surface area contributed by atoms with Gasteiger partial charge in [0.15, 0.2) is 0 Å². The minimum atomic E-state index is 0.884. The molecule has 0 saturated carbocycles. The summed E-state index contributed by atoms with van der Waals surface area (Å²) in [5.41, 5.74) is 0. The standard InChI is InChI=1S/C6H10O/c1-4-6(3)7-5-2/h4-5H,2H2,1,3H3. The Morgan fingerprint density at radius 3 is 2.43 bits per heavy atom. The van der Waals surface area contributed by atoms with Gasteiger partial charge >= 0.3 is 0 Å². The maximum absolute atomic E-state index is 4.82. The maximum Gasteiger partial charge on any atom is 0.0958 e. The fraction of sp³-hybridized carbons (Fsp3) is 0.333. The molecule has 0 fully saturated rings. The van der Waals surface area contributed by atoms with Crippen molar-refractivity contribution in [3.8, 4) is 0 Å². The molecule has 40 valence electrons. The van der Waals surface area contributed by atoms with Crippen molar-refractivity contribution in [1.29, 1.82) is 0 Å². The second-order valence-corrected chi connectivity index (χ2v) is 1.18. The van der Waals surface area contributed by atoms with Crippen molar-refractivity contribution in [2.75, 3.05) is 0 Å². The molecule has 0 atom stereocenters. The fourth-order valence-corrected chi connectivity index (χ4v) is 0.199. The molecule has 0 spiro atoms. The van der Waals surface area contributed by atoms with Crippen LogP contribution in [0.1, 0.15) is 13.8 Å². The van der Waals surface area contributed by atoms with Crippen LogP contribution in [0.4, 0.5) is 0 Å². The summed E-state index contributed by atoms with van der Waals surface area (Å²) in [5, 5.41) is 0. The molecule has 0 rings (SSSR count). The van der Waals surface area contributed by atoms with E-state index in [4.69, 9.17) is 4.74 Å². The molecule has 0 amide bonds. The van der Waals surface area contributed by atoms with E-state index in [1.54, 1.807) is 0 Å². The summed E-state index contributed by atoms with van der Waals surface area (Å²) in [7, 11) is 0. The average molecular weight is 98.1 g/mol. The molecule has 0 aliphatic rings. The lowest BCUT2D eigenvalue weighted by atomic mass is 10.5. The number of hydrogen-bond donors (Lipinski definition) is 0. The van der Waals surface area contributed by atoms with Crippen molar-refractivity contribution in [3.63, 3.8) is 0 Å². The highest BCUT2D eigenvalue weighted by molar-refractivity contribution is 4.85. The normalized spacial score (nSPS) is 10.9. The zero-order chi connectivity index (χ0) is 5.70. The Kier molecular flexibility index (Phi) is 3.11. The van der Waals surface area contributed by atoms with E-state index >= 15 is 0 Å². The summed E-state index contributed by atoms with van der Waals surface area (Å²) < 4.78 is 4.82. The van der Waals surface area contributed by atoms with Crippen LogP contribution in [0, 0.1) is 0 Å². The smallest absolute Gasteiger partial charge is 0.0958 e. The highest BCUT2D eigenvalue weighted by Gasteiger charge is 1.75. The van der Waals surface area contributed by atoms with E-state index in [0.29, 0.717) is 0 Å². The second-order valence-electron chi connectivity index (χ2n) is 1.18. The highest BCUT2D eigenvalue weighted by atomic mass is 16.5. The third kappa shape index (κ3) is 3.10. The molecule has 0 aromatic carbocycles. The Bertz CT molecular complexity index is 82.2. The first-order valence-corrected chi connectivity index (χ1v) is 2.21. The number of allylic oxidation sites excluding steroid dienone is 2. The fourth-order valence-electron chi connectivity index (χ4n) is 0.199. The lowest BCUT2D eigenvalue weighted by Crippen LogP contribution is -1.72. The van der Waals surface area contributed by atoms with Gasteiger partial charge in [0.05, 0.1) is 12.0 Å². The third-order valence-electron chi connectivity index (χ3n) is 0.676. The first kappa shape index (κ1) is 6.28. The van der Waals surface area contributed by atoms with Crippen LogP contribution in [0.2, 0.25) is 0 Å². The summed E-state index contributed by atoms with van der Waals surface area (Å²) in [6.07, 6.45) is 3.29. The lowest BCUT2D eigenvalue weighted by Gasteiger charge is -1.93. The third-order valence-corrected chi connectivity index (χ3v) is 0.676.